The second-order valence-corrected chi connectivity index (χ2v) is 23.7. The van der Waals surface area contributed by atoms with E-state index >= 15 is 0 Å². The predicted molar refractivity (Wildman–Crippen MR) is 150 cm³/mol. The van der Waals surface area contributed by atoms with E-state index < -0.39 is 84.4 Å². The molecule has 1 saturated carbocycles. The van der Waals surface area contributed by atoms with E-state index in [4.69, 9.17) is 89.8 Å². The third kappa shape index (κ3) is 58.6. The van der Waals surface area contributed by atoms with E-state index in [-0.39, 0.29) is 12.1 Å². The Morgan fingerprint density at radius 1 is 0.341 bits per heavy atom. The molecule has 0 saturated heterocycles. The zero-order valence-corrected chi connectivity index (χ0v) is 29.1. The molecule has 0 spiro atoms. The molecule has 0 aromatic rings. The first-order valence-corrected chi connectivity index (χ1v) is 24.9. The lowest BCUT2D eigenvalue weighted by Crippen LogP contribution is -2.43. The topological polar surface area (TPSA) is 512 Å². The van der Waals surface area contributed by atoms with E-state index in [1.165, 1.54) is 12.8 Å². The van der Waals surface area contributed by atoms with Crippen LogP contribution in [0.3, 0.4) is 0 Å². The first-order chi connectivity index (χ1) is 18.6. The van der Waals surface area contributed by atoms with Gasteiger partial charge in [0, 0.05) is 12.1 Å². The molecule has 0 amide bonds. The van der Waals surface area contributed by atoms with Crippen LogP contribution in [0.5, 0.6) is 0 Å². The maximum absolute atomic E-state index is 9.85. The molecule has 0 aliphatic heterocycles. The van der Waals surface area contributed by atoms with Gasteiger partial charge in [-0.15, -0.1) is 0 Å². The van der Waals surface area contributed by atoms with E-state index in [1.54, 1.807) is 0 Å². The Balaban J connectivity index is -0.000000227. The minimum absolute atomic E-state index is 0.281. The normalized spacial score (nSPS) is 18.5. The van der Waals surface area contributed by atoms with Gasteiger partial charge >= 0.3 is 60.8 Å². The molecule has 0 aromatic carbocycles. The fourth-order valence-corrected chi connectivity index (χ4v) is 9.83. The monoisotopic (exact) mass is 818 g/mol. The van der Waals surface area contributed by atoms with Gasteiger partial charge in [0.05, 0.1) is 0 Å². The van der Waals surface area contributed by atoms with Crippen LogP contribution in [0.25, 0.3) is 0 Å². The highest BCUT2D eigenvalue weighted by Crippen LogP contribution is 2.53. The summed E-state index contributed by atoms with van der Waals surface area (Å²) in [6, 6.07) is 0.562. The summed E-state index contributed by atoms with van der Waals surface area (Å²) in [5.74, 6) is -5.50. The van der Waals surface area contributed by atoms with Crippen LogP contribution in [0.4, 0.5) is 0 Å². The van der Waals surface area contributed by atoms with Gasteiger partial charge in [-0.25, -0.2) is 0 Å². The Kier molecular flexibility index (Phi) is 24.3. The maximum atomic E-state index is 9.85. The first-order valence-electron chi connectivity index (χ1n) is 10.5. The van der Waals surface area contributed by atoms with Crippen molar-refractivity contribution in [2.24, 2.45) is 11.5 Å². The van der Waals surface area contributed by atoms with Gasteiger partial charge in [-0.05, 0) is 12.8 Å². The van der Waals surface area contributed by atoms with Crippen molar-refractivity contribution in [3.05, 3.63) is 0 Å². The maximum Gasteiger partial charge on any atom is 0.337 e. The van der Waals surface area contributed by atoms with Gasteiger partial charge in [0.25, 0.3) is 0 Å². The summed E-state index contributed by atoms with van der Waals surface area (Å²) in [5.41, 5.74) is 11.3. The van der Waals surface area contributed by atoms with E-state index in [0.717, 1.165) is 12.8 Å². The molecule has 34 heteroatoms. The van der Waals surface area contributed by atoms with E-state index in [2.05, 4.69) is 0 Å². The third-order valence-corrected chi connectivity index (χ3v) is 15.1. The molecular formula is C10H38N2O24P8. The van der Waals surface area contributed by atoms with Crippen LogP contribution in [-0.4, -0.2) is 114 Å². The Hall–Kier alpha value is 1.12. The van der Waals surface area contributed by atoms with Gasteiger partial charge in [-0.1, -0.05) is 12.8 Å². The molecule has 1 aliphatic rings. The van der Waals surface area contributed by atoms with Crippen molar-refractivity contribution in [1.29, 1.82) is 0 Å². The molecule has 44 heavy (non-hydrogen) atoms. The zero-order valence-electron chi connectivity index (χ0n) is 22.0. The van der Waals surface area contributed by atoms with Crippen molar-refractivity contribution in [2.75, 3.05) is 23.6 Å². The molecule has 1 rings (SSSR count). The molecule has 26 nitrogen and oxygen atoms in total. The average Bonchev–Trinajstić information content (AvgIpc) is 2.53. The Morgan fingerprint density at radius 2 is 0.455 bits per heavy atom. The van der Waals surface area contributed by atoms with Crippen LogP contribution in [0.15, 0.2) is 0 Å². The van der Waals surface area contributed by atoms with Crippen LogP contribution >= 0.6 is 60.8 Å². The van der Waals surface area contributed by atoms with Crippen molar-refractivity contribution in [3.63, 3.8) is 0 Å². The van der Waals surface area contributed by atoms with E-state index in [9.17, 15) is 36.5 Å². The largest absolute Gasteiger partial charge is 0.337 e. The number of rotatable bonds is 8. The molecule has 0 heterocycles. The van der Waals surface area contributed by atoms with Crippen molar-refractivity contribution in [2.45, 2.75) is 37.8 Å². The molecule has 0 bridgehead atoms. The van der Waals surface area contributed by atoms with Crippen LogP contribution in [0.1, 0.15) is 25.7 Å². The summed E-state index contributed by atoms with van der Waals surface area (Å²) in [4.78, 5) is 128. The van der Waals surface area contributed by atoms with Gasteiger partial charge in [0.15, 0.2) is 23.6 Å². The Labute approximate surface area is 248 Å². The average molecular weight is 818 g/mol. The van der Waals surface area contributed by atoms with E-state index in [0.29, 0.717) is 0 Å². The van der Waals surface area contributed by atoms with Gasteiger partial charge in [0.2, 0.25) is 0 Å². The summed E-state index contributed by atoms with van der Waals surface area (Å²) >= 11 is 0. The highest BCUT2D eigenvalue weighted by Gasteiger charge is 2.29. The van der Waals surface area contributed by atoms with Crippen molar-refractivity contribution >= 4 is 60.8 Å². The second-order valence-electron chi connectivity index (χ2n) is 8.50. The third-order valence-electron chi connectivity index (χ3n) is 3.35. The van der Waals surface area contributed by atoms with Crippen LogP contribution < -0.4 is 11.5 Å². The van der Waals surface area contributed by atoms with Crippen LogP contribution in [0, 0.1) is 0 Å². The van der Waals surface area contributed by atoms with Crippen LogP contribution in [-0.2, 0) is 36.5 Å². The van der Waals surface area contributed by atoms with Gasteiger partial charge < -0.3 is 89.8 Å². The van der Waals surface area contributed by atoms with Crippen molar-refractivity contribution in [1.82, 2.24) is 0 Å². The number of hydrogen-bond acceptors (Lipinski definition) is 10. The minimum Gasteiger partial charge on any atom is -0.326 e. The Morgan fingerprint density at radius 3 is 0.500 bits per heavy atom. The SMILES string of the molecule is N[C@@H]1CCCC[C@H]1N.O=P(O)(O)CP(=O)(O)O.O=P(O)(O)CP(=O)(O)O.O=P(O)(O)CP(=O)(O)O.O=P(O)(O)CP(=O)(O)O. The second kappa shape index (κ2) is 20.6. The quantitative estimate of drug-likeness (QED) is 0.112. The number of nitrogens with two attached hydrogens (primary N) is 2. The van der Waals surface area contributed by atoms with Crippen molar-refractivity contribution in [3.8, 4) is 0 Å². The minimum atomic E-state index is -4.55. The fourth-order valence-electron chi connectivity index (χ4n) is 2.15. The molecule has 0 aromatic heterocycles. The predicted octanol–water partition coefficient (Wildman–Crippen LogP) is -2.59. The van der Waals surface area contributed by atoms with Crippen LogP contribution in [0.2, 0.25) is 0 Å². The molecule has 0 radical (unpaired) electrons. The summed E-state index contributed by atoms with van der Waals surface area (Å²) < 4.78 is 78.8. The molecule has 1 fully saturated rings. The summed E-state index contributed by atoms with van der Waals surface area (Å²) in [7, 11) is -36.4. The first kappa shape index (κ1) is 51.9. The van der Waals surface area contributed by atoms with Gasteiger partial charge in [-0.3, -0.25) is 36.5 Å². The lowest BCUT2D eigenvalue weighted by atomic mass is 9.92. The van der Waals surface area contributed by atoms with Gasteiger partial charge in [-0.2, -0.15) is 0 Å². The molecular weight excluding hydrogens is 780 g/mol. The molecule has 2 atom stereocenters. The summed E-state index contributed by atoms with van der Waals surface area (Å²) in [6.07, 6.45) is 4.80. The lowest BCUT2D eigenvalue weighted by Gasteiger charge is -2.24. The molecule has 1 aliphatic carbocycles. The zero-order chi connectivity index (χ0) is 36.8. The smallest absolute Gasteiger partial charge is 0.326 e. The molecule has 0 unspecified atom stereocenters. The standard InChI is InChI=1S/C6H14N2.4CH6O6P2/c7-5-3-1-2-4-6(5)8;4*2-8(3,4)1-9(5,6)7/h5-6H,1-4,7-8H2;4*1H2,(H2,2,3,4)(H2,5,6,7)/t5-,6-;;;;/m1..../s1. The van der Waals surface area contributed by atoms with Gasteiger partial charge in [0.1, 0.15) is 0 Å². The Bertz CT molecular complexity index is 949. The summed E-state index contributed by atoms with van der Waals surface area (Å²) in [5, 5.41) is 0. The lowest BCUT2D eigenvalue weighted by molar-refractivity contribution is 0.352. The highest BCUT2D eigenvalue weighted by atomic mass is 31.3. The molecule has 20 N–H and O–H groups in total. The summed E-state index contributed by atoms with van der Waals surface area (Å²) in [6.45, 7) is 0. The molecule has 272 valence electrons. The highest BCUT2D eigenvalue weighted by molar-refractivity contribution is 7.70. The fraction of sp³-hybridized carbons (Fsp3) is 1.00. The van der Waals surface area contributed by atoms with Crippen molar-refractivity contribution < 1.29 is 115 Å². The number of hydrogen-bond donors (Lipinski definition) is 18. The van der Waals surface area contributed by atoms with E-state index in [1.807, 2.05) is 0 Å².